The maximum Gasteiger partial charge on any atom is 0.258 e. The molecule has 2 N–H and O–H groups in total. The van der Waals surface area contributed by atoms with Crippen molar-refractivity contribution in [2.75, 3.05) is 5.32 Å². The summed E-state index contributed by atoms with van der Waals surface area (Å²) in [5.74, 6) is 0.425. The SMILES string of the molecule is CC(C)(C)c1noc(-c2ccccc2C(=O)NCc2cccc(NC(=O)Cn3cccn3)c2)n1. The number of hydrogen-bond acceptors (Lipinski definition) is 6. The van der Waals surface area contributed by atoms with E-state index in [-0.39, 0.29) is 30.3 Å². The Morgan fingerprint density at radius 2 is 1.88 bits per heavy atom. The van der Waals surface area contributed by atoms with Gasteiger partial charge in [0.25, 0.3) is 11.8 Å². The molecule has 174 valence electrons. The summed E-state index contributed by atoms with van der Waals surface area (Å²) in [7, 11) is 0. The minimum Gasteiger partial charge on any atom is -0.348 e. The standard InChI is InChI=1S/C25H26N6O3/c1-25(2,3)24-29-23(34-30-24)20-11-5-4-10-19(20)22(33)26-15-17-8-6-9-18(14-17)28-21(32)16-31-13-7-12-27-31/h4-14H,15-16H2,1-3H3,(H,26,33)(H,28,32). The quantitative estimate of drug-likeness (QED) is 0.435. The highest BCUT2D eigenvalue weighted by Crippen LogP contribution is 2.26. The van der Waals surface area contributed by atoms with Crippen molar-refractivity contribution in [2.45, 2.75) is 39.3 Å². The van der Waals surface area contributed by atoms with Gasteiger partial charge in [0.15, 0.2) is 5.82 Å². The lowest BCUT2D eigenvalue weighted by molar-refractivity contribution is -0.116. The van der Waals surface area contributed by atoms with Gasteiger partial charge in [-0.05, 0) is 35.9 Å². The highest BCUT2D eigenvalue weighted by molar-refractivity contribution is 6.00. The lowest BCUT2D eigenvalue weighted by atomic mass is 9.96. The number of carbonyl (C=O) groups is 2. The van der Waals surface area contributed by atoms with Crippen molar-refractivity contribution < 1.29 is 14.1 Å². The molecular weight excluding hydrogens is 432 g/mol. The van der Waals surface area contributed by atoms with Gasteiger partial charge in [-0.2, -0.15) is 10.1 Å². The zero-order chi connectivity index (χ0) is 24.1. The van der Waals surface area contributed by atoms with Crippen LogP contribution in [0.2, 0.25) is 0 Å². The Hall–Kier alpha value is -4.27. The molecule has 4 aromatic rings. The van der Waals surface area contributed by atoms with Crippen LogP contribution in [0.3, 0.4) is 0 Å². The number of rotatable bonds is 7. The lowest BCUT2D eigenvalue weighted by Crippen LogP contribution is -2.23. The summed E-state index contributed by atoms with van der Waals surface area (Å²) in [6.07, 6.45) is 3.35. The van der Waals surface area contributed by atoms with Crippen molar-refractivity contribution in [3.05, 3.63) is 83.9 Å². The van der Waals surface area contributed by atoms with Crippen LogP contribution in [0.5, 0.6) is 0 Å². The average Bonchev–Trinajstić information content (AvgIpc) is 3.50. The Morgan fingerprint density at radius 3 is 2.62 bits per heavy atom. The zero-order valence-corrected chi connectivity index (χ0v) is 19.3. The summed E-state index contributed by atoms with van der Waals surface area (Å²) in [6.45, 7) is 6.39. The van der Waals surface area contributed by atoms with Crippen molar-refractivity contribution in [3.63, 3.8) is 0 Å². The van der Waals surface area contributed by atoms with Crippen LogP contribution in [-0.2, 0) is 23.3 Å². The molecule has 2 aromatic carbocycles. The molecule has 0 radical (unpaired) electrons. The second kappa shape index (κ2) is 9.70. The van der Waals surface area contributed by atoms with Gasteiger partial charge in [0, 0.05) is 30.0 Å². The van der Waals surface area contributed by atoms with Crippen LogP contribution in [-0.4, -0.2) is 31.7 Å². The van der Waals surface area contributed by atoms with Crippen molar-refractivity contribution in [1.82, 2.24) is 25.2 Å². The molecule has 0 aliphatic rings. The average molecular weight is 459 g/mol. The highest BCUT2D eigenvalue weighted by atomic mass is 16.5. The first-order chi connectivity index (χ1) is 16.3. The molecule has 34 heavy (non-hydrogen) atoms. The Morgan fingerprint density at radius 1 is 1.06 bits per heavy atom. The van der Waals surface area contributed by atoms with Gasteiger partial charge in [0.1, 0.15) is 6.54 Å². The fourth-order valence-corrected chi connectivity index (χ4v) is 3.28. The Balaban J connectivity index is 1.42. The van der Waals surface area contributed by atoms with Gasteiger partial charge in [0.05, 0.1) is 11.1 Å². The number of benzene rings is 2. The lowest BCUT2D eigenvalue weighted by Gasteiger charge is -2.11. The molecule has 0 aliphatic carbocycles. The van der Waals surface area contributed by atoms with Crippen LogP contribution in [0, 0.1) is 0 Å². The molecule has 0 unspecified atom stereocenters. The number of hydrogen-bond donors (Lipinski definition) is 2. The number of nitrogens with one attached hydrogen (secondary N) is 2. The Labute approximate surface area is 197 Å². The van der Waals surface area contributed by atoms with E-state index < -0.39 is 0 Å². The van der Waals surface area contributed by atoms with Crippen LogP contribution in [0.15, 0.2) is 71.5 Å². The fraction of sp³-hybridized carbons (Fsp3) is 0.240. The summed E-state index contributed by atoms with van der Waals surface area (Å²) in [5, 5.41) is 13.9. The van der Waals surface area contributed by atoms with Gasteiger partial charge in [-0.25, -0.2) is 0 Å². The molecule has 2 amide bonds. The van der Waals surface area contributed by atoms with Crippen molar-refractivity contribution >= 4 is 17.5 Å². The van der Waals surface area contributed by atoms with Gasteiger partial charge < -0.3 is 15.2 Å². The molecule has 4 rings (SSSR count). The molecule has 0 saturated carbocycles. The van der Waals surface area contributed by atoms with Crippen LogP contribution < -0.4 is 10.6 Å². The number of aromatic nitrogens is 4. The van der Waals surface area contributed by atoms with Gasteiger partial charge in [0.2, 0.25) is 5.91 Å². The largest absolute Gasteiger partial charge is 0.348 e. The second-order valence-corrected chi connectivity index (χ2v) is 8.85. The first-order valence-electron chi connectivity index (χ1n) is 10.9. The molecule has 0 saturated heterocycles. The monoisotopic (exact) mass is 458 g/mol. The van der Waals surface area contributed by atoms with E-state index in [1.165, 1.54) is 0 Å². The third-order valence-corrected chi connectivity index (χ3v) is 5.03. The normalized spacial score (nSPS) is 11.3. The second-order valence-electron chi connectivity index (χ2n) is 8.85. The predicted molar refractivity (Wildman–Crippen MR) is 127 cm³/mol. The maximum atomic E-state index is 13.0. The molecule has 0 atom stereocenters. The number of nitrogens with zero attached hydrogens (tertiary/aromatic N) is 4. The van der Waals surface area contributed by atoms with E-state index in [0.717, 1.165) is 5.56 Å². The van der Waals surface area contributed by atoms with E-state index in [1.54, 1.807) is 47.4 Å². The highest BCUT2D eigenvalue weighted by Gasteiger charge is 2.23. The van der Waals surface area contributed by atoms with Gasteiger partial charge >= 0.3 is 0 Å². The predicted octanol–water partition coefficient (Wildman–Crippen LogP) is 3.80. The van der Waals surface area contributed by atoms with Crippen molar-refractivity contribution in [1.29, 1.82) is 0 Å². The molecule has 0 spiro atoms. The Kier molecular flexibility index (Phi) is 6.53. The zero-order valence-electron chi connectivity index (χ0n) is 19.3. The Bertz CT molecular complexity index is 1290. The summed E-state index contributed by atoms with van der Waals surface area (Å²) >= 11 is 0. The molecule has 0 bridgehead atoms. The van der Waals surface area contributed by atoms with Gasteiger partial charge in [-0.3, -0.25) is 14.3 Å². The minimum atomic E-state index is -0.266. The topological polar surface area (TPSA) is 115 Å². The van der Waals surface area contributed by atoms with Gasteiger partial charge in [-0.1, -0.05) is 50.2 Å². The maximum absolute atomic E-state index is 13.0. The van der Waals surface area contributed by atoms with E-state index in [9.17, 15) is 9.59 Å². The van der Waals surface area contributed by atoms with E-state index in [4.69, 9.17) is 4.52 Å². The third-order valence-electron chi connectivity index (χ3n) is 5.03. The van der Waals surface area contributed by atoms with Crippen molar-refractivity contribution in [3.8, 4) is 11.5 Å². The van der Waals surface area contributed by atoms with Gasteiger partial charge in [-0.15, -0.1) is 0 Å². The van der Waals surface area contributed by atoms with Crippen LogP contribution >= 0.6 is 0 Å². The summed E-state index contributed by atoms with van der Waals surface area (Å²) in [5.41, 5.74) is 2.23. The van der Waals surface area contributed by atoms with E-state index in [1.807, 2.05) is 45.0 Å². The van der Waals surface area contributed by atoms with E-state index in [2.05, 4.69) is 25.9 Å². The summed E-state index contributed by atoms with van der Waals surface area (Å²) in [4.78, 5) is 29.7. The smallest absolute Gasteiger partial charge is 0.258 e. The number of carbonyl (C=O) groups excluding carboxylic acids is 2. The van der Waals surface area contributed by atoms with Crippen molar-refractivity contribution in [2.24, 2.45) is 0 Å². The number of amides is 2. The minimum absolute atomic E-state index is 0.122. The third kappa shape index (κ3) is 5.55. The van der Waals surface area contributed by atoms with E-state index in [0.29, 0.717) is 28.5 Å². The molecule has 0 aliphatic heterocycles. The summed E-state index contributed by atoms with van der Waals surface area (Å²) in [6, 6.07) is 16.2. The molecule has 2 heterocycles. The first kappa shape index (κ1) is 22.9. The van der Waals surface area contributed by atoms with Crippen LogP contribution in [0.4, 0.5) is 5.69 Å². The van der Waals surface area contributed by atoms with Crippen LogP contribution in [0.25, 0.3) is 11.5 Å². The molecule has 9 nitrogen and oxygen atoms in total. The molecule has 2 aromatic heterocycles. The molecule has 9 heteroatoms. The van der Waals surface area contributed by atoms with Crippen LogP contribution in [0.1, 0.15) is 42.5 Å². The fourth-order valence-electron chi connectivity index (χ4n) is 3.28. The van der Waals surface area contributed by atoms with E-state index >= 15 is 0 Å². The molecule has 0 fully saturated rings. The molecular formula is C25H26N6O3. The summed E-state index contributed by atoms with van der Waals surface area (Å²) < 4.78 is 6.98. The first-order valence-corrected chi connectivity index (χ1v) is 10.9. The number of anilines is 1.